The van der Waals surface area contributed by atoms with Crippen molar-refractivity contribution in [2.24, 2.45) is 0 Å². The lowest BCUT2D eigenvalue weighted by atomic mass is 10.0. The van der Waals surface area contributed by atoms with Crippen LogP contribution in [0.15, 0.2) is 24.4 Å². The Morgan fingerprint density at radius 2 is 2.33 bits per heavy atom. The van der Waals surface area contributed by atoms with Gasteiger partial charge in [-0.05, 0) is 32.0 Å². The first kappa shape index (κ1) is 19.3. The first-order valence-corrected chi connectivity index (χ1v) is 9.44. The van der Waals surface area contributed by atoms with Crippen LogP contribution in [0.1, 0.15) is 25.0 Å². The Kier molecular flexibility index (Phi) is 6.43. The van der Waals surface area contributed by atoms with Crippen molar-refractivity contribution in [3.05, 3.63) is 30.1 Å². The minimum Gasteiger partial charge on any atom is -0.353 e. The van der Waals surface area contributed by atoms with E-state index in [-0.39, 0.29) is 36.5 Å². The molecule has 1 aromatic rings. The number of nitrogens with one attached hydrogen (secondary N) is 2. The molecule has 0 radical (unpaired) electrons. The fraction of sp³-hybridized carbons (Fsp3) is 0.550. The Labute approximate surface area is 160 Å². The number of nitrogens with zero attached hydrogens (tertiary/aromatic N) is 3. The minimum absolute atomic E-state index is 0.0447. The maximum atomic E-state index is 12.8. The highest BCUT2D eigenvalue weighted by molar-refractivity contribution is 5.83. The van der Waals surface area contributed by atoms with Crippen molar-refractivity contribution < 1.29 is 9.59 Å². The average Bonchev–Trinajstić information content (AvgIpc) is 3.05. The van der Waals surface area contributed by atoms with E-state index in [2.05, 4.69) is 38.4 Å². The van der Waals surface area contributed by atoms with Gasteiger partial charge in [-0.15, -0.1) is 6.42 Å². The maximum Gasteiger partial charge on any atom is 0.239 e. The van der Waals surface area contributed by atoms with Gasteiger partial charge in [0.15, 0.2) is 0 Å². The predicted octanol–water partition coefficient (Wildman–Crippen LogP) is -0.0157. The van der Waals surface area contributed by atoms with Gasteiger partial charge in [0.2, 0.25) is 11.8 Å². The second kappa shape index (κ2) is 8.98. The molecular weight excluding hydrogens is 342 g/mol. The molecule has 27 heavy (non-hydrogen) atoms. The number of carbonyl (C=O) groups is 2. The Bertz CT molecular complexity index is 702. The van der Waals surface area contributed by atoms with Gasteiger partial charge in [-0.3, -0.25) is 24.4 Å². The topological polar surface area (TPSA) is 77.6 Å². The number of likely N-dealkylation sites (tertiary alicyclic amines) is 1. The summed E-state index contributed by atoms with van der Waals surface area (Å²) in [5, 5.41) is 5.77. The molecule has 0 saturated carbocycles. The molecule has 3 unspecified atom stereocenters. The summed E-state index contributed by atoms with van der Waals surface area (Å²) >= 11 is 0. The van der Waals surface area contributed by atoms with Crippen molar-refractivity contribution in [1.29, 1.82) is 0 Å². The number of pyridine rings is 1. The van der Waals surface area contributed by atoms with E-state index in [1.54, 1.807) is 6.20 Å². The van der Waals surface area contributed by atoms with Gasteiger partial charge in [0.1, 0.15) is 6.04 Å². The summed E-state index contributed by atoms with van der Waals surface area (Å²) < 4.78 is 0. The molecule has 2 N–H and O–H groups in total. The Balaban J connectivity index is 1.63. The highest BCUT2D eigenvalue weighted by Crippen LogP contribution is 2.28. The van der Waals surface area contributed by atoms with E-state index in [0.29, 0.717) is 25.9 Å². The normalized spacial score (nSPS) is 25.9. The van der Waals surface area contributed by atoms with E-state index in [1.165, 1.54) is 0 Å². The number of likely N-dealkylation sites (N-methyl/N-ethyl adjacent to an activating group) is 1. The smallest absolute Gasteiger partial charge is 0.239 e. The third-order valence-corrected chi connectivity index (χ3v) is 5.53. The average molecular weight is 369 g/mol. The van der Waals surface area contributed by atoms with Crippen LogP contribution in [0.3, 0.4) is 0 Å². The zero-order valence-corrected chi connectivity index (χ0v) is 15.7. The van der Waals surface area contributed by atoms with Gasteiger partial charge in [0.25, 0.3) is 0 Å². The molecule has 144 valence electrons. The van der Waals surface area contributed by atoms with Crippen molar-refractivity contribution in [3.63, 3.8) is 0 Å². The van der Waals surface area contributed by atoms with Crippen LogP contribution >= 0.6 is 0 Å². The predicted molar refractivity (Wildman–Crippen MR) is 102 cm³/mol. The van der Waals surface area contributed by atoms with Crippen molar-refractivity contribution >= 4 is 11.8 Å². The first-order valence-electron chi connectivity index (χ1n) is 9.44. The maximum absolute atomic E-state index is 12.8. The van der Waals surface area contributed by atoms with Gasteiger partial charge in [0, 0.05) is 44.3 Å². The van der Waals surface area contributed by atoms with Crippen LogP contribution in [-0.2, 0) is 16.1 Å². The quantitative estimate of drug-likeness (QED) is 0.690. The first-order chi connectivity index (χ1) is 13.1. The van der Waals surface area contributed by atoms with Crippen LogP contribution in [0, 0.1) is 12.3 Å². The highest BCUT2D eigenvalue weighted by Gasteiger charge is 2.44. The standard InChI is InChI=1S/C20H27N5O2/c1-3-10-22-18(26)8-7-16-13-23-20(27)19-17(24(16)2)9-12-25(19)14-15-6-4-5-11-21-15/h1,4-6,11,16-17,19H,7-10,12-14H2,2H3,(H,22,26)(H,23,27). The van der Waals surface area contributed by atoms with E-state index in [0.717, 1.165) is 18.7 Å². The van der Waals surface area contributed by atoms with Gasteiger partial charge < -0.3 is 10.6 Å². The van der Waals surface area contributed by atoms with Gasteiger partial charge in [-0.1, -0.05) is 12.0 Å². The van der Waals surface area contributed by atoms with Gasteiger partial charge in [0.05, 0.1) is 12.2 Å². The molecule has 0 bridgehead atoms. The van der Waals surface area contributed by atoms with Crippen molar-refractivity contribution in [3.8, 4) is 12.3 Å². The number of carbonyl (C=O) groups excluding carboxylic acids is 2. The molecule has 2 saturated heterocycles. The lowest BCUT2D eigenvalue weighted by molar-refractivity contribution is -0.126. The summed E-state index contributed by atoms with van der Waals surface area (Å²) in [5.74, 6) is 2.43. The number of hydrogen-bond acceptors (Lipinski definition) is 5. The second-order valence-electron chi connectivity index (χ2n) is 7.18. The van der Waals surface area contributed by atoms with Crippen LogP contribution in [-0.4, -0.2) is 71.4 Å². The largest absolute Gasteiger partial charge is 0.353 e. The summed E-state index contributed by atoms with van der Waals surface area (Å²) in [6.45, 7) is 2.34. The molecule has 7 nitrogen and oxygen atoms in total. The molecule has 2 fully saturated rings. The Hall–Kier alpha value is -2.43. The molecule has 1 aromatic heterocycles. The van der Waals surface area contributed by atoms with Crippen molar-refractivity contribution in [1.82, 2.24) is 25.4 Å². The van der Waals surface area contributed by atoms with E-state index < -0.39 is 0 Å². The molecule has 7 heteroatoms. The SMILES string of the molecule is C#CCNC(=O)CCC1CNC(=O)C2C(CCN2Cc2ccccn2)N1C. The summed E-state index contributed by atoms with van der Waals surface area (Å²) in [7, 11) is 2.06. The molecule has 0 spiro atoms. The number of terminal acetylenes is 1. The Morgan fingerprint density at radius 3 is 3.07 bits per heavy atom. The molecule has 3 rings (SSSR count). The van der Waals surface area contributed by atoms with E-state index in [4.69, 9.17) is 6.42 Å². The molecule has 0 aliphatic carbocycles. The third-order valence-electron chi connectivity index (χ3n) is 5.53. The van der Waals surface area contributed by atoms with Crippen LogP contribution < -0.4 is 10.6 Å². The number of rotatable bonds is 6. The fourth-order valence-electron chi connectivity index (χ4n) is 4.06. The van der Waals surface area contributed by atoms with Crippen LogP contribution in [0.25, 0.3) is 0 Å². The summed E-state index contributed by atoms with van der Waals surface area (Å²) in [6, 6.07) is 5.95. The zero-order chi connectivity index (χ0) is 19.2. The van der Waals surface area contributed by atoms with Gasteiger partial charge in [-0.25, -0.2) is 0 Å². The fourth-order valence-corrected chi connectivity index (χ4v) is 4.06. The van der Waals surface area contributed by atoms with Crippen molar-refractivity contribution in [2.75, 3.05) is 26.7 Å². The van der Waals surface area contributed by atoms with Gasteiger partial charge in [-0.2, -0.15) is 0 Å². The monoisotopic (exact) mass is 369 g/mol. The lowest BCUT2D eigenvalue weighted by Gasteiger charge is -2.33. The molecule has 3 atom stereocenters. The van der Waals surface area contributed by atoms with Crippen LogP contribution in [0.5, 0.6) is 0 Å². The number of hydrogen-bond donors (Lipinski definition) is 2. The Morgan fingerprint density at radius 1 is 1.48 bits per heavy atom. The van der Waals surface area contributed by atoms with E-state index in [1.807, 2.05) is 18.2 Å². The number of aromatic nitrogens is 1. The molecule has 2 amide bonds. The molecule has 2 aliphatic rings. The van der Waals surface area contributed by atoms with E-state index >= 15 is 0 Å². The summed E-state index contributed by atoms with van der Waals surface area (Å²) in [4.78, 5) is 33.5. The second-order valence-corrected chi connectivity index (χ2v) is 7.18. The molecule has 3 heterocycles. The van der Waals surface area contributed by atoms with Gasteiger partial charge >= 0.3 is 0 Å². The molecule has 0 aromatic carbocycles. The summed E-state index contributed by atoms with van der Waals surface area (Å²) in [5.41, 5.74) is 0.972. The van der Waals surface area contributed by atoms with Crippen LogP contribution in [0.4, 0.5) is 0 Å². The zero-order valence-electron chi connectivity index (χ0n) is 15.7. The van der Waals surface area contributed by atoms with Crippen LogP contribution in [0.2, 0.25) is 0 Å². The number of amides is 2. The highest BCUT2D eigenvalue weighted by atomic mass is 16.2. The lowest BCUT2D eigenvalue weighted by Crippen LogP contribution is -2.49. The molecular formula is C20H27N5O2. The van der Waals surface area contributed by atoms with Crippen molar-refractivity contribution in [2.45, 2.75) is 43.9 Å². The molecule has 2 aliphatic heterocycles. The van der Waals surface area contributed by atoms with E-state index in [9.17, 15) is 9.59 Å². The summed E-state index contributed by atoms with van der Waals surface area (Å²) in [6.07, 6.45) is 8.98. The number of fused-ring (bicyclic) bond motifs is 1. The third kappa shape index (κ3) is 4.65. The minimum atomic E-state index is -0.183.